The molecule has 206 valence electrons. The van der Waals surface area contributed by atoms with Gasteiger partial charge in [-0.2, -0.15) is 0 Å². The van der Waals surface area contributed by atoms with Gasteiger partial charge in [-0.1, -0.05) is 48.4 Å². The van der Waals surface area contributed by atoms with Crippen molar-refractivity contribution in [3.63, 3.8) is 0 Å². The van der Waals surface area contributed by atoms with Crippen LogP contribution in [0.25, 0.3) is 0 Å². The molecule has 3 unspecified atom stereocenters. The second kappa shape index (κ2) is 12.5. The lowest BCUT2D eigenvalue weighted by atomic mass is 9.75. The van der Waals surface area contributed by atoms with E-state index in [2.05, 4.69) is 9.89 Å². The summed E-state index contributed by atoms with van der Waals surface area (Å²) in [4.78, 5) is 44.8. The van der Waals surface area contributed by atoms with Gasteiger partial charge in [-0.3, -0.25) is 24.8 Å². The van der Waals surface area contributed by atoms with Gasteiger partial charge in [-0.15, -0.1) is 0 Å². The molecule has 0 amide bonds. The Kier molecular flexibility index (Phi) is 9.14. The van der Waals surface area contributed by atoms with Crippen LogP contribution in [-0.2, 0) is 19.1 Å². The third-order valence-corrected chi connectivity index (χ3v) is 7.66. The Labute approximate surface area is 232 Å². The van der Waals surface area contributed by atoms with Gasteiger partial charge >= 0.3 is 11.9 Å². The molecule has 0 aliphatic carbocycles. The van der Waals surface area contributed by atoms with Crippen LogP contribution in [-0.4, -0.2) is 54.2 Å². The number of nitro benzene ring substituents is 1. The zero-order valence-electron chi connectivity index (χ0n) is 22.3. The van der Waals surface area contributed by atoms with Crippen molar-refractivity contribution >= 4 is 34.9 Å². The highest BCUT2D eigenvalue weighted by Crippen LogP contribution is 2.42. The van der Waals surface area contributed by atoms with E-state index in [1.165, 1.54) is 25.3 Å². The fourth-order valence-corrected chi connectivity index (χ4v) is 5.69. The number of piperidine rings is 1. The first-order chi connectivity index (χ1) is 18.7. The molecule has 0 bridgehead atoms. The number of hydrogen-bond donors (Lipinski definition) is 0. The van der Waals surface area contributed by atoms with Gasteiger partial charge in [0.25, 0.3) is 5.69 Å². The number of benzene rings is 2. The third-order valence-electron chi connectivity index (χ3n) is 7.32. The fourth-order valence-electron chi connectivity index (χ4n) is 5.43. The van der Waals surface area contributed by atoms with E-state index in [-0.39, 0.29) is 11.3 Å². The molecule has 2 heterocycles. The molecule has 0 N–H and O–H groups in total. The smallest absolute Gasteiger partial charge is 0.337 e. The van der Waals surface area contributed by atoms with Crippen molar-refractivity contribution in [1.82, 2.24) is 4.90 Å². The number of rotatable bonds is 8. The zero-order chi connectivity index (χ0) is 28.1. The van der Waals surface area contributed by atoms with Gasteiger partial charge in [0.15, 0.2) is 0 Å². The van der Waals surface area contributed by atoms with Crippen LogP contribution in [0.4, 0.5) is 5.69 Å². The molecule has 0 spiro atoms. The van der Waals surface area contributed by atoms with Gasteiger partial charge in [0.05, 0.1) is 17.6 Å². The van der Waals surface area contributed by atoms with Gasteiger partial charge in [-0.05, 0) is 51.4 Å². The maximum absolute atomic E-state index is 14.0. The summed E-state index contributed by atoms with van der Waals surface area (Å²) in [5.41, 5.74) is 1.94. The second-order valence-electron chi connectivity index (χ2n) is 9.86. The van der Waals surface area contributed by atoms with Crippen molar-refractivity contribution in [1.29, 1.82) is 0 Å². The molecule has 1 fully saturated rings. The number of likely N-dealkylation sites (tertiary alicyclic amines) is 1. The van der Waals surface area contributed by atoms with E-state index in [9.17, 15) is 19.7 Å². The minimum absolute atomic E-state index is 0.152. The van der Waals surface area contributed by atoms with Crippen molar-refractivity contribution < 1.29 is 24.0 Å². The Morgan fingerprint density at radius 3 is 2.51 bits per heavy atom. The normalized spacial score (nSPS) is 20.7. The van der Waals surface area contributed by atoms with Gasteiger partial charge in [-0.25, -0.2) is 4.79 Å². The molecule has 2 aromatic carbocycles. The first-order valence-electron chi connectivity index (χ1n) is 13.0. The minimum atomic E-state index is -0.955. The lowest BCUT2D eigenvalue weighted by Gasteiger charge is -2.33. The van der Waals surface area contributed by atoms with E-state index in [0.717, 1.165) is 32.4 Å². The first kappa shape index (κ1) is 28.4. The fraction of sp³-hybridized carbons (Fsp3) is 0.414. The molecule has 2 aromatic rings. The molecule has 4 rings (SSSR count). The monoisotopic (exact) mass is 553 g/mol. The molecule has 1 saturated heterocycles. The Morgan fingerprint density at radius 1 is 1.13 bits per heavy atom. The quantitative estimate of drug-likeness (QED) is 0.236. The van der Waals surface area contributed by atoms with E-state index in [0.29, 0.717) is 34.1 Å². The number of allylic oxidation sites excluding steroid dienone is 1. The number of halogens is 1. The van der Waals surface area contributed by atoms with Crippen molar-refractivity contribution in [2.24, 2.45) is 10.9 Å². The van der Waals surface area contributed by atoms with E-state index in [4.69, 9.17) is 21.1 Å². The standard InChI is InChI=1S/C29H32ClN3O6/c1-18-25(28(34)38-3)27(20-10-9-11-21(16-20)33(36)37)26(19(2)31-18)29(35)39-24(17-32-14-7-4-8-15-32)22-12-5-6-13-23(22)30/h5-6,9-13,16,24-25,27H,4,7-8,14-15,17H2,1-3H3. The van der Waals surface area contributed by atoms with E-state index < -0.39 is 34.8 Å². The highest BCUT2D eigenvalue weighted by molar-refractivity contribution is 6.31. The van der Waals surface area contributed by atoms with Crippen LogP contribution in [0.15, 0.2) is 64.8 Å². The van der Waals surface area contributed by atoms with Crippen molar-refractivity contribution in [3.05, 3.63) is 86.1 Å². The minimum Gasteiger partial charge on any atom is -0.468 e. The number of aliphatic imine (C=N–C) groups is 1. The number of carbonyl (C=O) groups is 2. The van der Waals surface area contributed by atoms with Crippen LogP contribution in [0.1, 0.15) is 56.3 Å². The molecular formula is C29H32ClN3O6. The van der Waals surface area contributed by atoms with Gasteiger partial charge in [0, 0.05) is 46.6 Å². The van der Waals surface area contributed by atoms with Crippen LogP contribution in [0.5, 0.6) is 0 Å². The number of nitrogens with zero attached hydrogens (tertiary/aromatic N) is 3. The molecule has 0 saturated carbocycles. The maximum Gasteiger partial charge on any atom is 0.337 e. The summed E-state index contributed by atoms with van der Waals surface area (Å²) in [5, 5.41) is 12.0. The number of esters is 2. The van der Waals surface area contributed by atoms with Crippen LogP contribution < -0.4 is 0 Å². The highest BCUT2D eigenvalue weighted by atomic mass is 35.5. The largest absolute Gasteiger partial charge is 0.468 e. The molecule has 2 aliphatic heterocycles. The molecule has 3 atom stereocenters. The number of hydrogen-bond acceptors (Lipinski definition) is 8. The average molecular weight is 554 g/mol. The molecule has 39 heavy (non-hydrogen) atoms. The Morgan fingerprint density at radius 2 is 1.85 bits per heavy atom. The predicted octanol–water partition coefficient (Wildman–Crippen LogP) is 5.64. The molecule has 2 aliphatic rings. The van der Waals surface area contributed by atoms with Gasteiger partial charge < -0.3 is 9.47 Å². The number of methoxy groups -OCH3 is 1. The third kappa shape index (κ3) is 6.37. The van der Waals surface area contributed by atoms with Crippen LogP contribution in [0.2, 0.25) is 5.02 Å². The summed E-state index contributed by atoms with van der Waals surface area (Å²) in [6, 6.07) is 13.2. The number of non-ortho nitro benzene ring substituents is 1. The number of carbonyl (C=O) groups excluding carboxylic acids is 2. The van der Waals surface area contributed by atoms with E-state index >= 15 is 0 Å². The van der Waals surface area contributed by atoms with Crippen molar-refractivity contribution in [2.75, 3.05) is 26.7 Å². The molecular weight excluding hydrogens is 522 g/mol. The Bertz CT molecular complexity index is 1320. The first-order valence-corrected chi connectivity index (χ1v) is 13.3. The molecule has 10 heteroatoms. The topological polar surface area (TPSA) is 111 Å². The Balaban J connectivity index is 1.76. The summed E-state index contributed by atoms with van der Waals surface area (Å²) in [5.74, 6) is -3.09. The maximum atomic E-state index is 14.0. The summed E-state index contributed by atoms with van der Waals surface area (Å²) in [7, 11) is 1.26. The van der Waals surface area contributed by atoms with Gasteiger partial charge in [0.1, 0.15) is 12.0 Å². The second-order valence-corrected chi connectivity index (χ2v) is 10.3. The van der Waals surface area contributed by atoms with Gasteiger partial charge in [0.2, 0.25) is 0 Å². The lowest BCUT2D eigenvalue weighted by Crippen LogP contribution is -2.38. The SMILES string of the molecule is COC(=O)C1C(C)=NC(C)=C(C(=O)OC(CN2CCCCC2)c2ccccc2Cl)C1c1cccc([N+](=O)[O-])c1. The highest BCUT2D eigenvalue weighted by Gasteiger charge is 2.43. The van der Waals surface area contributed by atoms with E-state index in [1.54, 1.807) is 26.0 Å². The summed E-state index contributed by atoms with van der Waals surface area (Å²) in [6.07, 6.45) is 2.63. The average Bonchev–Trinajstić information content (AvgIpc) is 2.92. The summed E-state index contributed by atoms with van der Waals surface area (Å²) >= 11 is 6.54. The van der Waals surface area contributed by atoms with Crippen LogP contribution in [0, 0.1) is 16.0 Å². The van der Waals surface area contributed by atoms with Crippen molar-refractivity contribution in [3.8, 4) is 0 Å². The van der Waals surface area contributed by atoms with Crippen LogP contribution in [0.3, 0.4) is 0 Å². The molecule has 9 nitrogen and oxygen atoms in total. The lowest BCUT2D eigenvalue weighted by molar-refractivity contribution is -0.384. The zero-order valence-corrected chi connectivity index (χ0v) is 23.0. The van der Waals surface area contributed by atoms with Crippen molar-refractivity contribution in [2.45, 2.75) is 45.1 Å². The summed E-state index contributed by atoms with van der Waals surface area (Å²) < 4.78 is 11.2. The van der Waals surface area contributed by atoms with Crippen LogP contribution >= 0.6 is 11.6 Å². The number of ether oxygens (including phenoxy) is 2. The summed E-state index contributed by atoms with van der Waals surface area (Å²) in [6.45, 7) is 5.61. The molecule has 0 radical (unpaired) electrons. The number of nitro groups is 1. The van der Waals surface area contributed by atoms with E-state index in [1.807, 2.05) is 18.2 Å². The Hall–Kier alpha value is -3.56. The molecule has 0 aromatic heterocycles. The predicted molar refractivity (Wildman–Crippen MR) is 148 cm³/mol.